The normalized spacial score (nSPS) is 16.9. The van der Waals surface area contributed by atoms with Crippen LogP contribution in [0.1, 0.15) is 20.1 Å². The molecule has 17 heavy (non-hydrogen) atoms. The molecule has 2 rings (SSSR count). The summed E-state index contributed by atoms with van der Waals surface area (Å²) in [7, 11) is 0. The minimum Gasteiger partial charge on any atom is -0.354 e. The van der Waals surface area contributed by atoms with Gasteiger partial charge in [0.2, 0.25) is 5.91 Å². The Morgan fingerprint density at radius 2 is 2.29 bits per heavy atom. The molecule has 0 unspecified atom stereocenters. The molecule has 1 saturated heterocycles. The van der Waals surface area contributed by atoms with Crippen molar-refractivity contribution in [3.05, 3.63) is 21.4 Å². The third-order valence-corrected chi connectivity index (χ3v) is 3.79. The molecule has 1 N–H and O–H groups in total. The van der Waals surface area contributed by atoms with Crippen molar-refractivity contribution in [3.63, 3.8) is 0 Å². The van der Waals surface area contributed by atoms with E-state index in [0.29, 0.717) is 19.6 Å². The monoisotopic (exact) mass is 252 g/mol. The zero-order valence-corrected chi connectivity index (χ0v) is 10.9. The fraction of sp³-hybridized carbons (Fsp3) is 0.500. The number of hydrogen-bond donors (Lipinski definition) is 1. The summed E-state index contributed by atoms with van der Waals surface area (Å²) in [6, 6.07) is 1.94. The van der Waals surface area contributed by atoms with Crippen molar-refractivity contribution in [2.24, 2.45) is 0 Å². The van der Waals surface area contributed by atoms with E-state index < -0.39 is 0 Å². The van der Waals surface area contributed by atoms with Crippen LogP contribution in [-0.4, -0.2) is 42.8 Å². The zero-order valence-electron chi connectivity index (χ0n) is 10.1. The van der Waals surface area contributed by atoms with Gasteiger partial charge < -0.3 is 5.32 Å². The first-order chi connectivity index (χ1) is 8.06. The molecule has 1 aromatic rings. The van der Waals surface area contributed by atoms with Crippen LogP contribution in [0.3, 0.4) is 0 Å². The minimum atomic E-state index is 0.00210. The zero-order chi connectivity index (χ0) is 12.4. The van der Waals surface area contributed by atoms with Crippen LogP contribution in [0.5, 0.6) is 0 Å². The molecule has 0 saturated carbocycles. The lowest BCUT2D eigenvalue weighted by Gasteiger charge is -2.25. The number of thiophene rings is 1. The van der Waals surface area contributed by atoms with Crippen LogP contribution in [0.4, 0.5) is 0 Å². The molecule has 0 radical (unpaired) electrons. The van der Waals surface area contributed by atoms with E-state index in [1.165, 1.54) is 0 Å². The Balaban J connectivity index is 2.01. The molecule has 1 aliphatic heterocycles. The highest BCUT2D eigenvalue weighted by Gasteiger charge is 2.20. The molecule has 4 nitrogen and oxygen atoms in total. The molecule has 0 aromatic carbocycles. The number of nitrogens with one attached hydrogen (secondary N) is 1. The number of carbonyl (C=O) groups is 2. The van der Waals surface area contributed by atoms with Crippen molar-refractivity contribution >= 4 is 23.0 Å². The fourth-order valence-corrected chi connectivity index (χ4v) is 2.96. The number of nitrogens with zero attached hydrogens (tertiary/aromatic N) is 1. The van der Waals surface area contributed by atoms with Crippen LogP contribution in [-0.2, 0) is 4.79 Å². The van der Waals surface area contributed by atoms with Gasteiger partial charge in [-0.05, 0) is 19.9 Å². The van der Waals surface area contributed by atoms with Crippen LogP contribution < -0.4 is 5.32 Å². The van der Waals surface area contributed by atoms with Crippen LogP contribution in [0.25, 0.3) is 0 Å². The van der Waals surface area contributed by atoms with Crippen molar-refractivity contribution in [2.45, 2.75) is 13.8 Å². The van der Waals surface area contributed by atoms with E-state index in [1.807, 2.05) is 24.8 Å². The topological polar surface area (TPSA) is 49.4 Å². The van der Waals surface area contributed by atoms with Gasteiger partial charge in [0.05, 0.1) is 13.1 Å². The summed E-state index contributed by atoms with van der Waals surface area (Å²) < 4.78 is 0. The highest BCUT2D eigenvalue weighted by atomic mass is 32.1. The van der Waals surface area contributed by atoms with Gasteiger partial charge in [-0.25, -0.2) is 0 Å². The summed E-state index contributed by atoms with van der Waals surface area (Å²) in [6.45, 7) is 6.02. The second-order valence-electron chi connectivity index (χ2n) is 4.31. The highest BCUT2D eigenvalue weighted by molar-refractivity contribution is 7.12. The maximum atomic E-state index is 12.1. The second-order valence-corrected chi connectivity index (χ2v) is 5.77. The lowest BCUT2D eigenvalue weighted by atomic mass is 10.1. The molecule has 1 aliphatic rings. The Kier molecular flexibility index (Phi) is 3.59. The largest absolute Gasteiger partial charge is 0.354 e. The average molecular weight is 252 g/mol. The van der Waals surface area contributed by atoms with E-state index in [2.05, 4.69) is 5.32 Å². The number of Topliss-reactive ketones (excluding diaryl/α,β-unsaturated/α-hetero) is 1. The molecule has 1 fully saturated rings. The van der Waals surface area contributed by atoms with E-state index in [0.717, 1.165) is 21.9 Å². The summed E-state index contributed by atoms with van der Waals surface area (Å²) in [5.41, 5.74) is 0.804. The summed E-state index contributed by atoms with van der Waals surface area (Å²) in [5, 5.41) is 2.75. The van der Waals surface area contributed by atoms with Gasteiger partial charge in [-0.3, -0.25) is 14.5 Å². The fourth-order valence-electron chi connectivity index (χ4n) is 2.02. The third kappa shape index (κ3) is 2.92. The van der Waals surface area contributed by atoms with Gasteiger partial charge in [0, 0.05) is 28.4 Å². The maximum absolute atomic E-state index is 12.1. The minimum absolute atomic E-state index is 0.00210. The number of piperazine rings is 1. The Bertz CT molecular complexity index is 453. The summed E-state index contributed by atoms with van der Waals surface area (Å²) in [5.74, 6) is 0.115. The van der Waals surface area contributed by atoms with Gasteiger partial charge in [-0.2, -0.15) is 0 Å². The van der Waals surface area contributed by atoms with Gasteiger partial charge >= 0.3 is 0 Å². The number of amides is 1. The summed E-state index contributed by atoms with van der Waals surface area (Å²) in [6.07, 6.45) is 0. The molecule has 2 heterocycles. The van der Waals surface area contributed by atoms with Crippen molar-refractivity contribution < 1.29 is 9.59 Å². The standard InChI is InChI=1S/C12H16N2O2S/c1-8-5-10(9(2)17-8)11(15)6-14-4-3-13-12(16)7-14/h5H,3-4,6-7H2,1-2H3,(H,13,16). The molecular weight excluding hydrogens is 236 g/mol. The molecule has 1 amide bonds. The van der Waals surface area contributed by atoms with E-state index in [-0.39, 0.29) is 11.7 Å². The van der Waals surface area contributed by atoms with Gasteiger partial charge in [0.25, 0.3) is 0 Å². The molecule has 1 aromatic heterocycles. The quantitative estimate of drug-likeness (QED) is 0.816. The van der Waals surface area contributed by atoms with E-state index in [1.54, 1.807) is 11.3 Å². The van der Waals surface area contributed by atoms with Crippen LogP contribution >= 0.6 is 11.3 Å². The molecule has 0 spiro atoms. The Hall–Kier alpha value is -1.20. The molecule has 0 bridgehead atoms. The first-order valence-electron chi connectivity index (χ1n) is 5.65. The van der Waals surface area contributed by atoms with Gasteiger partial charge in [0.1, 0.15) is 0 Å². The molecule has 0 atom stereocenters. The van der Waals surface area contributed by atoms with Crippen LogP contribution in [0.2, 0.25) is 0 Å². The number of carbonyl (C=O) groups excluding carboxylic acids is 2. The number of rotatable bonds is 3. The van der Waals surface area contributed by atoms with Gasteiger partial charge in [-0.15, -0.1) is 11.3 Å². The Morgan fingerprint density at radius 1 is 1.53 bits per heavy atom. The molecule has 0 aliphatic carbocycles. The van der Waals surface area contributed by atoms with E-state index in [9.17, 15) is 9.59 Å². The van der Waals surface area contributed by atoms with E-state index >= 15 is 0 Å². The maximum Gasteiger partial charge on any atom is 0.234 e. The predicted octanol–water partition coefficient (Wildman–Crippen LogP) is 0.979. The summed E-state index contributed by atoms with van der Waals surface area (Å²) in [4.78, 5) is 27.4. The number of aryl methyl sites for hydroxylation is 2. The predicted molar refractivity (Wildman–Crippen MR) is 67.6 cm³/mol. The second kappa shape index (κ2) is 4.98. The van der Waals surface area contributed by atoms with E-state index in [4.69, 9.17) is 0 Å². The van der Waals surface area contributed by atoms with Crippen molar-refractivity contribution in [1.29, 1.82) is 0 Å². The smallest absolute Gasteiger partial charge is 0.234 e. The molecular formula is C12H16N2O2S. The Morgan fingerprint density at radius 3 is 2.88 bits per heavy atom. The van der Waals surface area contributed by atoms with Crippen LogP contribution in [0, 0.1) is 13.8 Å². The summed E-state index contributed by atoms with van der Waals surface area (Å²) >= 11 is 1.64. The Labute approximate surface area is 105 Å². The highest BCUT2D eigenvalue weighted by Crippen LogP contribution is 2.21. The first-order valence-corrected chi connectivity index (χ1v) is 6.47. The lowest BCUT2D eigenvalue weighted by Crippen LogP contribution is -2.49. The lowest BCUT2D eigenvalue weighted by molar-refractivity contribution is -0.123. The van der Waals surface area contributed by atoms with Gasteiger partial charge in [-0.1, -0.05) is 0 Å². The average Bonchev–Trinajstić information content (AvgIpc) is 2.58. The number of ketones is 1. The van der Waals surface area contributed by atoms with Crippen molar-refractivity contribution in [1.82, 2.24) is 10.2 Å². The van der Waals surface area contributed by atoms with Crippen molar-refractivity contribution in [3.8, 4) is 0 Å². The molecule has 5 heteroatoms. The first kappa shape index (κ1) is 12.3. The van der Waals surface area contributed by atoms with Gasteiger partial charge in [0.15, 0.2) is 5.78 Å². The number of hydrogen-bond acceptors (Lipinski definition) is 4. The third-order valence-electron chi connectivity index (χ3n) is 2.83. The molecule has 92 valence electrons. The SMILES string of the molecule is Cc1cc(C(=O)CN2CCNC(=O)C2)c(C)s1. The van der Waals surface area contributed by atoms with Crippen LogP contribution in [0.15, 0.2) is 6.07 Å². The van der Waals surface area contributed by atoms with Crippen molar-refractivity contribution in [2.75, 3.05) is 26.2 Å².